The van der Waals surface area contributed by atoms with Gasteiger partial charge in [0.15, 0.2) is 0 Å². The smallest absolute Gasteiger partial charge is 0.147 e. The van der Waals surface area contributed by atoms with Crippen molar-refractivity contribution in [3.05, 3.63) is 17.6 Å². The van der Waals surface area contributed by atoms with E-state index in [1.165, 1.54) is 19.4 Å². The average Bonchev–Trinajstić information content (AvgIpc) is 2.76. The minimum atomic E-state index is 0.686. The van der Waals surface area contributed by atoms with E-state index in [0.717, 1.165) is 30.2 Å². The number of hydrogen-bond donors (Lipinski definition) is 2. The summed E-state index contributed by atoms with van der Waals surface area (Å²) in [7, 11) is 0. The van der Waals surface area contributed by atoms with E-state index in [1.807, 2.05) is 13.8 Å². The van der Waals surface area contributed by atoms with Gasteiger partial charge in [0.05, 0.1) is 11.4 Å². The monoisotopic (exact) mass is 220 g/mol. The Hall–Kier alpha value is -1.16. The van der Waals surface area contributed by atoms with E-state index >= 15 is 0 Å². The van der Waals surface area contributed by atoms with Crippen LogP contribution >= 0.6 is 0 Å². The highest BCUT2D eigenvalue weighted by atomic mass is 15.0. The predicted octanol–water partition coefficient (Wildman–Crippen LogP) is 1.65. The van der Waals surface area contributed by atoms with Crippen LogP contribution in [0.4, 0.5) is 5.82 Å². The van der Waals surface area contributed by atoms with E-state index < -0.39 is 0 Å². The zero-order valence-electron chi connectivity index (χ0n) is 10.1. The topological polar surface area (TPSA) is 49.8 Å². The molecule has 1 atom stereocenters. The molecule has 2 rings (SSSR count). The summed E-state index contributed by atoms with van der Waals surface area (Å²) in [6, 6.07) is 0.686. The highest BCUT2D eigenvalue weighted by molar-refractivity contribution is 5.39. The van der Waals surface area contributed by atoms with Crippen molar-refractivity contribution < 1.29 is 0 Å². The number of anilines is 1. The lowest BCUT2D eigenvalue weighted by Gasteiger charge is -2.12. The van der Waals surface area contributed by atoms with Gasteiger partial charge in [-0.3, -0.25) is 4.98 Å². The van der Waals surface area contributed by atoms with Gasteiger partial charge in [0, 0.05) is 18.8 Å². The van der Waals surface area contributed by atoms with Crippen LogP contribution in [0.15, 0.2) is 6.20 Å². The molecule has 1 aromatic heterocycles. The molecule has 0 aromatic carbocycles. The van der Waals surface area contributed by atoms with E-state index in [9.17, 15) is 0 Å². The van der Waals surface area contributed by atoms with Gasteiger partial charge in [-0.2, -0.15) is 0 Å². The number of nitrogens with zero attached hydrogens (tertiary/aromatic N) is 2. The molecule has 4 heteroatoms. The molecule has 0 spiro atoms. The van der Waals surface area contributed by atoms with Crippen molar-refractivity contribution in [2.75, 3.05) is 18.4 Å². The van der Waals surface area contributed by atoms with E-state index in [2.05, 4.69) is 20.6 Å². The molecule has 0 unspecified atom stereocenters. The summed E-state index contributed by atoms with van der Waals surface area (Å²) in [6.45, 7) is 6.10. The van der Waals surface area contributed by atoms with Gasteiger partial charge in [-0.05, 0) is 39.7 Å². The first-order valence-corrected chi connectivity index (χ1v) is 6.03. The van der Waals surface area contributed by atoms with Crippen LogP contribution in [0.25, 0.3) is 0 Å². The molecule has 16 heavy (non-hydrogen) atoms. The van der Waals surface area contributed by atoms with Crippen molar-refractivity contribution in [2.24, 2.45) is 0 Å². The molecule has 1 aromatic rings. The van der Waals surface area contributed by atoms with Crippen molar-refractivity contribution >= 4 is 5.82 Å². The third kappa shape index (κ3) is 2.92. The third-order valence-corrected chi connectivity index (χ3v) is 3.02. The number of aryl methyl sites for hydroxylation is 2. The Labute approximate surface area is 96.9 Å². The summed E-state index contributed by atoms with van der Waals surface area (Å²) in [6.07, 6.45) is 5.59. The number of rotatable bonds is 4. The standard InChI is InChI=1S/C12H20N4/c1-9-8-15-10(2)12(16-9)14-7-5-11-4-3-6-13-11/h8,11,13H,3-7H2,1-2H3,(H,14,16)/t11-/m1/s1. The number of nitrogens with one attached hydrogen (secondary N) is 2. The van der Waals surface area contributed by atoms with Gasteiger partial charge in [-0.25, -0.2) is 4.98 Å². The van der Waals surface area contributed by atoms with Crippen LogP contribution in [0.2, 0.25) is 0 Å². The molecule has 0 saturated carbocycles. The quantitative estimate of drug-likeness (QED) is 0.810. The van der Waals surface area contributed by atoms with E-state index in [0.29, 0.717) is 6.04 Å². The molecule has 1 fully saturated rings. The first-order chi connectivity index (χ1) is 7.75. The summed E-state index contributed by atoms with van der Waals surface area (Å²) in [4.78, 5) is 8.73. The lowest BCUT2D eigenvalue weighted by atomic mass is 10.1. The average molecular weight is 220 g/mol. The van der Waals surface area contributed by atoms with Crippen LogP contribution in [0.3, 0.4) is 0 Å². The van der Waals surface area contributed by atoms with Gasteiger partial charge in [0.25, 0.3) is 0 Å². The zero-order chi connectivity index (χ0) is 11.4. The van der Waals surface area contributed by atoms with Gasteiger partial charge in [-0.1, -0.05) is 0 Å². The van der Waals surface area contributed by atoms with Crippen molar-refractivity contribution in [3.63, 3.8) is 0 Å². The van der Waals surface area contributed by atoms with Crippen LogP contribution in [0.5, 0.6) is 0 Å². The number of hydrogen-bond acceptors (Lipinski definition) is 4. The van der Waals surface area contributed by atoms with Gasteiger partial charge in [0.2, 0.25) is 0 Å². The second-order valence-electron chi connectivity index (χ2n) is 4.45. The Balaban J connectivity index is 1.82. The highest BCUT2D eigenvalue weighted by Crippen LogP contribution is 2.11. The first-order valence-electron chi connectivity index (χ1n) is 6.03. The molecule has 0 aliphatic carbocycles. The highest BCUT2D eigenvalue weighted by Gasteiger charge is 2.13. The first kappa shape index (κ1) is 11.3. The maximum Gasteiger partial charge on any atom is 0.147 e. The second-order valence-corrected chi connectivity index (χ2v) is 4.45. The van der Waals surface area contributed by atoms with Gasteiger partial charge in [-0.15, -0.1) is 0 Å². The molecule has 0 bridgehead atoms. The van der Waals surface area contributed by atoms with E-state index in [-0.39, 0.29) is 0 Å². The van der Waals surface area contributed by atoms with Crippen molar-refractivity contribution in [1.29, 1.82) is 0 Å². The molecule has 1 aliphatic heterocycles. The van der Waals surface area contributed by atoms with Crippen LogP contribution in [-0.4, -0.2) is 29.1 Å². The maximum absolute atomic E-state index is 4.44. The Morgan fingerprint density at radius 1 is 1.50 bits per heavy atom. The van der Waals surface area contributed by atoms with Crippen LogP contribution in [0, 0.1) is 13.8 Å². The van der Waals surface area contributed by atoms with Gasteiger partial charge in [0.1, 0.15) is 5.82 Å². The summed E-state index contributed by atoms with van der Waals surface area (Å²) in [5, 5.41) is 6.86. The molecule has 0 amide bonds. The summed E-state index contributed by atoms with van der Waals surface area (Å²) in [5.74, 6) is 0.929. The Kier molecular flexibility index (Phi) is 3.72. The fraction of sp³-hybridized carbons (Fsp3) is 0.667. The maximum atomic E-state index is 4.44. The van der Waals surface area contributed by atoms with E-state index in [1.54, 1.807) is 6.20 Å². The Bertz CT molecular complexity index is 345. The molecule has 1 saturated heterocycles. The minimum absolute atomic E-state index is 0.686. The van der Waals surface area contributed by atoms with Gasteiger partial charge >= 0.3 is 0 Å². The molecular weight excluding hydrogens is 200 g/mol. The molecule has 1 aliphatic rings. The summed E-state index contributed by atoms with van der Waals surface area (Å²) >= 11 is 0. The van der Waals surface area contributed by atoms with Crippen molar-refractivity contribution in [3.8, 4) is 0 Å². The van der Waals surface area contributed by atoms with E-state index in [4.69, 9.17) is 0 Å². The Morgan fingerprint density at radius 2 is 2.38 bits per heavy atom. The Morgan fingerprint density at radius 3 is 3.12 bits per heavy atom. The fourth-order valence-electron chi connectivity index (χ4n) is 2.07. The molecule has 4 nitrogen and oxygen atoms in total. The zero-order valence-corrected chi connectivity index (χ0v) is 10.1. The lowest BCUT2D eigenvalue weighted by molar-refractivity contribution is 0.574. The predicted molar refractivity (Wildman–Crippen MR) is 65.6 cm³/mol. The summed E-state index contributed by atoms with van der Waals surface area (Å²) in [5.41, 5.74) is 1.94. The molecule has 0 radical (unpaired) electrons. The van der Waals surface area contributed by atoms with Crippen molar-refractivity contribution in [1.82, 2.24) is 15.3 Å². The molecule has 2 N–H and O–H groups in total. The van der Waals surface area contributed by atoms with Gasteiger partial charge < -0.3 is 10.6 Å². The van der Waals surface area contributed by atoms with Crippen LogP contribution in [-0.2, 0) is 0 Å². The normalized spacial score (nSPS) is 20.0. The number of aromatic nitrogens is 2. The van der Waals surface area contributed by atoms with Crippen molar-refractivity contribution in [2.45, 2.75) is 39.2 Å². The molecule has 2 heterocycles. The molecular formula is C12H20N4. The second kappa shape index (κ2) is 5.25. The van der Waals surface area contributed by atoms with Crippen LogP contribution < -0.4 is 10.6 Å². The van der Waals surface area contributed by atoms with Crippen LogP contribution in [0.1, 0.15) is 30.7 Å². The SMILES string of the molecule is Cc1cnc(C)c(NCC[C@H]2CCCN2)n1. The fourth-order valence-corrected chi connectivity index (χ4v) is 2.07. The lowest BCUT2D eigenvalue weighted by Crippen LogP contribution is -2.24. The summed E-state index contributed by atoms with van der Waals surface area (Å²) < 4.78 is 0. The molecule has 88 valence electrons. The minimum Gasteiger partial charge on any atom is -0.369 e. The third-order valence-electron chi connectivity index (χ3n) is 3.02. The largest absolute Gasteiger partial charge is 0.369 e.